The van der Waals surface area contributed by atoms with Crippen LogP contribution in [0.4, 0.5) is 5.69 Å². The molecule has 1 aromatic heterocycles. The van der Waals surface area contributed by atoms with E-state index in [1.807, 2.05) is 49.4 Å². The van der Waals surface area contributed by atoms with Crippen molar-refractivity contribution >= 4 is 22.6 Å². The van der Waals surface area contributed by atoms with Crippen LogP contribution in [0.5, 0.6) is 0 Å². The average molecular weight is 377 g/mol. The van der Waals surface area contributed by atoms with E-state index in [4.69, 9.17) is 4.74 Å². The number of rotatable bonds is 4. The minimum absolute atomic E-state index is 0.00217. The van der Waals surface area contributed by atoms with Crippen LogP contribution >= 0.6 is 0 Å². The lowest BCUT2D eigenvalue weighted by Crippen LogP contribution is -2.36. The van der Waals surface area contributed by atoms with Crippen LogP contribution < -0.4 is 10.5 Å². The molecule has 28 heavy (non-hydrogen) atoms. The molecule has 1 aliphatic heterocycles. The number of hydrogen-bond acceptors (Lipinski definition) is 5. The Kier molecular flexibility index (Phi) is 5.10. The van der Waals surface area contributed by atoms with Crippen LogP contribution in [0.1, 0.15) is 19.8 Å². The number of fused-ring (bicyclic) bond motifs is 1. The zero-order valence-corrected chi connectivity index (χ0v) is 15.9. The number of benzene rings is 2. The Bertz CT molecular complexity index is 1030. The molecule has 0 bridgehead atoms. The molecule has 0 spiro atoms. The molecule has 1 fully saturated rings. The van der Waals surface area contributed by atoms with Gasteiger partial charge in [0.1, 0.15) is 5.82 Å². The minimum atomic E-state index is -0.134. The van der Waals surface area contributed by atoms with Gasteiger partial charge in [-0.25, -0.2) is 4.98 Å². The summed E-state index contributed by atoms with van der Waals surface area (Å²) in [5.41, 5.74) is 2.53. The number of aromatic nitrogens is 2. The van der Waals surface area contributed by atoms with E-state index >= 15 is 0 Å². The fourth-order valence-electron chi connectivity index (χ4n) is 3.69. The number of carbonyl (C=O) groups is 1. The largest absolute Gasteiger partial charge is 0.466 e. The van der Waals surface area contributed by atoms with Crippen molar-refractivity contribution in [1.29, 1.82) is 0 Å². The maximum absolute atomic E-state index is 12.3. The van der Waals surface area contributed by atoms with E-state index in [9.17, 15) is 9.59 Å². The predicted molar refractivity (Wildman–Crippen MR) is 109 cm³/mol. The SMILES string of the molecule is CCOC(=O)C1CCN(c2ccc(-c3nc4ccccc4c(=O)[nH]3)cc2)CC1. The molecule has 1 N–H and O–H groups in total. The minimum Gasteiger partial charge on any atom is -0.466 e. The first-order valence-corrected chi connectivity index (χ1v) is 9.67. The van der Waals surface area contributed by atoms with E-state index in [1.165, 1.54) is 0 Å². The summed E-state index contributed by atoms with van der Waals surface area (Å²) in [6.45, 7) is 3.93. The number of carbonyl (C=O) groups excluding carboxylic acids is 1. The van der Waals surface area contributed by atoms with Crippen molar-refractivity contribution in [2.75, 3.05) is 24.6 Å². The highest BCUT2D eigenvalue weighted by Gasteiger charge is 2.26. The Morgan fingerprint density at radius 1 is 1.14 bits per heavy atom. The maximum Gasteiger partial charge on any atom is 0.309 e. The van der Waals surface area contributed by atoms with Crippen LogP contribution in [-0.4, -0.2) is 35.6 Å². The summed E-state index contributed by atoms with van der Waals surface area (Å²) < 4.78 is 5.13. The van der Waals surface area contributed by atoms with Crippen molar-refractivity contribution in [3.05, 3.63) is 58.9 Å². The van der Waals surface area contributed by atoms with Gasteiger partial charge in [-0.2, -0.15) is 0 Å². The molecule has 2 aromatic carbocycles. The molecule has 6 nitrogen and oxygen atoms in total. The number of nitrogens with one attached hydrogen (secondary N) is 1. The number of para-hydroxylation sites is 1. The topological polar surface area (TPSA) is 75.3 Å². The third-order valence-corrected chi connectivity index (χ3v) is 5.23. The Hall–Kier alpha value is -3.15. The van der Waals surface area contributed by atoms with Gasteiger partial charge in [0.05, 0.1) is 23.4 Å². The number of esters is 1. The average Bonchev–Trinajstić information content (AvgIpc) is 2.74. The summed E-state index contributed by atoms with van der Waals surface area (Å²) in [6, 6.07) is 15.3. The molecule has 144 valence electrons. The van der Waals surface area contributed by atoms with E-state index in [1.54, 1.807) is 6.07 Å². The second kappa shape index (κ2) is 7.84. The van der Waals surface area contributed by atoms with Gasteiger partial charge in [0.25, 0.3) is 5.56 Å². The molecule has 2 heterocycles. The number of H-pyrrole nitrogens is 1. The van der Waals surface area contributed by atoms with Gasteiger partial charge in [-0.05, 0) is 56.2 Å². The number of hydrogen-bond donors (Lipinski definition) is 1. The van der Waals surface area contributed by atoms with Crippen LogP contribution in [-0.2, 0) is 9.53 Å². The number of piperidine rings is 1. The molecule has 0 amide bonds. The zero-order valence-electron chi connectivity index (χ0n) is 15.9. The lowest BCUT2D eigenvalue weighted by Gasteiger charge is -2.32. The summed E-state index contributed by atoms with van der Waals surface area (Å²) in [4.78, 5) is 33.9. The van der Waals surface area contributed by atoms with Crippen LogP contribution in [0.25, 0.3) is 22.3 Å². The van der Waals surface area contributed by atoms with Crippen LogP contribution in [0, 0.1) is 5.92 Å². The van der Waals surface area contributed by atoms with E-state index in [-0.39, 0.29) is 17.4 Å². The first-order chi connectivity index (χ1) is 13.7. The summed E-state index contributed by atoms with van der Waals surface area (Å²) >= 11 is 0. The fourth-order valence-corrected chi connectivity index (χ4v) is 3.69. The van der Waals surface area contributed by atoms with Gasteiger partial charge in [0.2, 0.25) is 0 Å². The molecule has 0 radical (unpaired) electrons. The van der Waals surface area contributed by atoms with Crippen molar-refractivity contribution in [2.24, 2.45) is 5.92 Å². The first-order valence-electron chi connectivity index (χ1n) is 9.67. The van der Waals surface area contributed by atoms with Crippen molar-refractivity contribution in [3.63, 3.8) is 0 Å². The Morgan fingerprint density at radius 3 is 2.57 bits per heavy atom. The molecular formula is C22H23N3O3. The summed E-state index contributed by atoms with van der Waals surface area (Å²) in [7, 11) is 0. The smallest absolute Gasteiger partial charge is 0.309 e. The lowest BCUT2D eigenvalue weighted by atomic mass is 9.96. The fraction of sp³-hybridized carbons (Fsp3) is 0.318. The Balaban J connectivity index is 1.49. The highest BCUT2D eigenvalue weighted by Crippen LogP contribution is 2.26. The summed E-state index contributed by atoms with van der Waals surface area (Å²) in [6.07, 6.45) is 1.61. The highest BCUT2D eigenvalue weighted by molar-refractivity contribution is 5.79. The summed E-state index contributed by atoms with van der Waals surface area (Å²) in [5, 5.41) is 0.590. The van der Waals surface area contributed by atoms with Gasteiger partial charge in [-0.15, -0.1) is 0 Å². The van der Waals surface area contributed by atoms with E-state index in [2.05, 4.69) is 14.9 Å². The van der Waals surface area contributed by atoms with E-state index in [0.717, 1.165) is 37.2 Å². The van der Waals surface area contributed by atoms with Crippen molar-refractivity contribution in [2.45, 2.75) is 19.8 Å². The van der Waals surface area contributed by atoms with Crippen molar-refractivity contribution < 1.29 is 9.53 Å². The molecule has 1 saturated heterocycles. The van der Waals surface area contributed by atoms with Gasteiger partial charge in [-0.3, -0.25) is 9.59 Å². The standard InChI is InChI=1S/C22H23N3O3/c1-2-28-22(27)16-11-13-25(14-12-16)17-9-7-15(8-10-17)20-23-19-6-4-3-5-18(19)21(26)24-20/h3-10,16H,2,11-14H2,1H3,(H,23,24,26). The number of aromatic amines is 1. The quantitative estimate of drug-likeness (QED) is 0.706. The molecule has 1 aliphatic rings. The van der Waals surface area contributed by atoms with Crippen molar-refractivity contribution in [3.8, 4) is 11.4 Å². The second-order valence-corrected chi connectivity index (χ2v) is 6.99. The normalized spacial score (nSPS) is 15.0. The van der Waals surface area contributed by atoms with Crippen molar-refractivity contribution in [1.82, 2.24) is 9.97 Å². The van der Waals surface area contributed by atoms with Gasteiger partial charge in [-0.1, -0.05) is 12.1 Å². The Labute approximate surface area is 163 Å². The van der Waals surface area contributed by atoms with Gasteiger partial charge in [0, 0.05) is 24.3 Å². The lowest BCUT2D eigenvalue weighted by molar-refractivity contribution is -0.148. The van der Waals surface area contributed by atoms with Crippen LogP contribution in [0.3, 0.4) is 0 Å². The number of anilines is 1. The monoisotopic (exact) mass is 377 g/mol. The molecule has 3 aromatic rings. The zero-order chi connectivity index (χ0) is 19.5. The van der Waals surface area contributed by atoms with E-state index < -0.39 is 0 Å². The molecular weight excluding hydrogens is 354 g/mol. The number of nitrogens with zero attached hydrogens (tertiary/aromatic N) is 2. The molecule has 6 heteroatoms. The molecule has 0 unspecified atom stereocenters. The second-order valence-electron chi connectivity index (χ2n) is 6.99. The molecule has 0 saturated carbocycles. The maximum atomic E-state index is 12.3. The first kappa shape index (κ1) is 18.2. The van der Waals surface area contributed by atoms with E-state index in [0.29, 0.717) is 23.3 Å². The molecule has 4 rings (SSSR count). The molecule has 0 atom stereocenters. The highest BCUT2D eigenvalue weighted by atomic mass is 16.5. The Morgan fingerprint density at radius 2 is 1.86 bits per heavy atom. The third-order valence-electron chi connectivity index (χ3n) is 5.23. The van der Waals surface area contributed by atoms with Gasteiger partial charge in [0.15, 0.2) is 0 Å². The predicted octanol–water partition coefficient (Wildman–Crippen LogP) is 3.37. The summed E-state index contributed by atoms with van der Waals surface area (Å²) in [5.74, 6) is 0.488. The number of ether oxygens (including phenoxy) is 1. The third kappa shape index (κ3) is 3.63. The van der Waals surface area contributed by atoms with Crippen LogP contribution in [0.2, 0.25) is 0 Å². The van der Waals surface area contributed by atoms with Gasteiger partial charge >= 0.3 is 5.97 Å². The van der Waals surface area contributed by atoms with Crippen LogP contribution in [0.15, 0.2) is 53.3 Å². The molecule has 0 aliphatic carbocycles. The van der Waals surface area contributed by atoms with Gasteiger partial charge < -0.3 is 14.6 Å².